The highest BCUT2D eigenvalue weighted by atomic mass is 79.9. The number of hydrogen-bond acceptors (Lipinski definition) is 4. The molecule has 13 heavy (non-hydrogen) atoms. The van der Waals surface area contributed by atoms with Gasteiger partial charge >= 0.3 is 0 Å². The lowest BCUT2D eigenvalue weighted by molar-refractivity contribution is 0.859. The predicted octanol–water partition coefficient (Wildman–Crippen LogP) is 0.654. The minimum atomic E-state index is 0.418. The smallest absolute Gasteiger partial charge is 0.253 e. The van der Waals surface area contributed by atoms with Gasteiger partial charge in [0.05, 0.1) is 5.69 Å². The Bertz CT molecular complexity index is 449. The molecule has 5 nitrogen and oxygen atoms in total. The van der Waals surface area contributed by atoms with Crippen LogP contribution in [0, 0.1) is 6.92 Å². The summed E-state index contributed by atoms with van der Waals surface area (Å²) >= 11 is 3.19. The Morgan fingerprint density at radius 3 is 3.00 bits per heavy atom. The van der Waals surface area contributed by atoms with E-state index in [1.165, 1.54) is 0 Å². The van der Waals surface area contributed by atoms with Gasteiger partial charge in [-0.05, 0) is 28.9 Å². The highest BCUT2D eigenvalue weighted by Crippen LogP contribution is 2.08. The average molecular weight is 242 g/mol. The monoisotopic (exact) mass is 241 g/mol. The standard InChI is InChI=1S/C7H8BrN5/c1-4-2-5(3-9)10-7-11-6(8)12-13(4)7/h2H,3,9H2,1H3. The molecule has 0 aliphatic carbocycles. The lowest BCUT2D eigenvalue weighted by Crippen LogP contribution is -2.04. The highest BCUT2D eigenvalue weighted by molar-refractivity contribution is 9.10. The van der Waals surface area contributed by atoms with E-state index in [4.69, 9.17) is 5.73 Å². The van der Waals surface area contributed by atoms with Crippen molar-refractivity contribution in [2.24, 2.45) is 5.73 Å². The molecule has 0 atom stereocenters. The lowest BCUT2D eigenvalue weighted by atomic mass is 10.3. The maximum atomic E-state index is 5.48. The zero-order chi connectivity index (χ0) is 9.42. The van der Waals surface area contributed by atoms with E-state index in [0.717, 1.165) is 11.4 Å². The maximum Gasteiger partial charge on any atom is 0.253 e. The van der Waals surface area contributed by atoms with Gasteiger partial charge in [-0.15, -0.1) is 5.10 Å². The highest BCUT2D eigenvalue weighted by Gasteiger charge is 2.05. The molecule has 0 fully saturated rings. The first-order chi connectivity index (χ1) is 6.20. The van der Waals surface area contributed by atoms with E-state index in [-0.39, 0.29) is 0 Å². The van der Waals surface area contributed by atoms with Gasteiger partial charge in [0.25, 0.3) is 5.78 Å². The first-order valence-corrected chi connectivity index (χ1v) is 4.59. The van der Waals surface area contributed by atoms with E-state index in [9.17, 15) is 0 Å². The SMILES string of the molecule is Cc1cc(CN)nc2nc(Br)nn12. The molecule has 0 aromatic carbocycles. The number of halogens is 1. The van der Waals surface area contributed by atoms with Crippen LogP contribution in [-0.4, -0.2) is 19.6 Å². The fourth-order valence-corrected chi connectivity index (χ4v) is 1.47. The zero-order valence-corrected chi connectivity index (χ0v) is 8.61. The number of aromatic nitrogens is 4. The second-order valence-corrected chi connectivity index (χ2v) is 3.39. The molecule has 2 rings (SSSR count). The van der Waals surface area contributed by atoms with E-state index in [1.807, 2.05) is 13.0 Å². The van der Waals surface area contributed by atoms with Crippen molar-refractivity contribution < 1.29 is 0 Å². The number of fused-ring (bicyclic) bond motifs is 1. The third-order valence-electron chi connectivity index (χ3n) is 1.73. The van der Waals surface area contributed by atoms with Crippen molar-refractivity contribution >= 4 is 21.7 Å². The largest absolute Gasteiger partial charge is 0.325 e. The second kappa shape index (κ2) is 3.04. The van der Waals surface area contributed by atoms with Crippen LogP contribution in [0.3, 0.4) is 0 Å². The summed E-state index contributed by atoms with van der Waals surface area (Å²) in [7, 11) is 0. The van der Waals surface area contributed by atoms with Crippen LogP contribution in [0.5, 0.6) is 0 Å². The summed E-state index contributed by atoms with van der Waals surface area (Å²) in [5.74, 6) is 0.576. The van der Waals surface area contributed by atoms with Gasteiger partial charge in [0, 0.05) is 12.2 Å². The Morgan fingerprint density at radius 1 is 1.54 bits per heavy atom. The van der Waals surface area contributed by atoms with Gasteiger partial charge in [0.2, 0.25) is 4.73 Å². The zero-order valence-electron chi connectivity index (χ0n) is 7.03. The number of aryl methyl sites for hydroxylation is 1. The fraction of sp³-hybridized carbons (Fsp3) is 0.286. The van der Waals surface area contributed by atoms with E-state index < -0.39 is 0 Å². The molecule has 2 N–H and O–H groups in total. The van der Waals surface area contributed by atoms with Crippen molar-refractivity contribution in [3.63, 3.8) is 0 Å². The predicted molar refractivity (Wildman–Crippen MR) is 51.1 cm³/mol. The van der Waals surface area contributed by atoms with E-state index in [2.05, 4.69) is 31.0 Å². The summed E-state index contributed by atoms with van der Waals surface area (Å²) in [5.41, 5.74) is 7.28. The van der Waals surface area contributed by atoms with Crippen molar-refractivity contribution in [3.8, 4) is 0 Å². The van der Waals surface area contributed by atoms with Crippen LogP contribution >= 0.6 is 15.9 Å². The Morgan fingerprint density at radius 2 is 2.31 bits per heavy atom. The molecular formula is C7H8BrN5. The molecule has 0 radical (unpaired) electrons. The number of hydrogen-bond donors (Lipinski definition) is 1. The second-order valence-electron chi connectivity index (χ2n) is 2.69. The molecule has 0 aliphatic rings. The summed E-state index contributed by atoms with van der Waals surface area (Å²) in [6.07, 6.45) is 0. The van der Waals surface area contributed by atoms with Crippen molar-refractivity contribution in [3.05, 3.63) is 22.2 Å². The molecular weight excluding hydrogens is 234 g/mol. The van der Waals surface area contributed by atoms with Crippen LogP contribution in [0.15, 0.2) is 10.8 Å². The van der Waals surface area contributed by atoms with E-state index >= 15 is 0 Å². The van der Waals surface area contributed by atoms with E-state index in [1.54, 1.807) is 4.52 Å². The normalized spacial score (nSPS) is 11.0. The van der Waals surface area contributed by atoms with Crippen molar-refractivity contribution in [2.45, 2.75) is 13.5 Å². The van der Waals surface area contributed by atoms with Crippen LogP contribution in [0.25, 0.3) is 5.78 Å². The molecule has 68 valence electrons. The minimum absolute atomic E-state index is 0.418. The van der Waals surface area contributed by atoms with Crippen LogP contribution in [0.4, 0.5) is 0 Å². The van der Waals surface area contributed by atoms with Gasteiger partial charge in [-0.2, -0.15) is 4.98 Å². The van der Waals surface area contributed by atoms with Crippen LogP contribution < -0.4 is 5.73 Å². The van der Waals surface area contributed by atoms with Crippen LogP contribution in [0.2, 0.25) is 0 Å². The van der Waals surface area contributed by atoms with Crippen molar-refractivity contribution in [1.29, 1.82) is 0 Å². The van der Waals surface area contributed by atoms with Gasteiger partial charge in [-0.3, -0.25) is 0 Å². The first kappa shape index (κ1) is 8.58. The van der Waals surface area contributed by atoms with Gasteiger partial charge < -0.3 is 5.73 Å². The van der Waals surface area contributed by atoms with Crippen molar-refractivity contribution in [2.75, 3.05) is 0 Å². The van der Waals surface area contributed by atoms with Crippen molar-refractivity contribution in [1.82, 2.24) is 19.6 Å². The Balaban J connectivity index is 2.75. The Hall–Kier alpha value is -1.01. The molecule has 2 aromatic heterocycles. The Labute approximate surface area is 83.1 Å². The summed E-state index contributed by atoms with van der Waals surface area (Å²) in [6, 6.07) is 1.90. The molecule has 0 spiro atoms. The Kier molecular flexibility index (Phi) is 2.01. The summed E-state index contributed by atoms with van der Waals surface area (Å²) in [6.45, 7) is 2.36. The molecule has 0 saturated heterocycles. The van der Waals surface area contributed by atoms with Gasteiger partial charge in [-0.1, -0.05) is 0 Å². The molecule has 2 heterocycles. The van der Waals surface area contributed by atoms with Gasteiger partial charge in [0.1, 0.15) is 0 Å². The minimum Gasteiger partial charge on any atom is -0.325 e. The summed E-state index contributed by atoms with van der Waals surface area (Å²) in [4.78, 5) is 8.29. The number of rotatable bonds is 1. The molecule has 6 heteroatoms. The maximum absolute atomic E-state index is 5.48. The third-order valence-corrected chi connectivity index (χ3v) is 2.06. The van der Waals surface area contributed by atoms with Crippen LogP contribution in [-0.2, 0) is 6.54 Å². The van der Waals surface area contributed by atoms with Gasteiger partial charge in [0.15, 0.2) is 0 Å². The number of nitrogens with zero attached hydrogens (tertiary/aromatic N) is 4. The van der Waals surface area contributed by atoms with Gasteiger partial charge in [-0.25, -0.2) is 9.50 Å². The van der Waals surface area contributed by atoms with Crippen LogP contribution in [0.1, 0.15) is 11.4 Å². The molecule has 0 bridgehead atoms. The summed E-state index contributed by atoms with van der Waals surface area (Å²) in [5, 5.41) is 4.11. The molecule has 2 aromatic rings. The quantitative estimate of drug-likeness (QED) is 0.797. The average Bonchev–Trinajstić information content (AvgIpc) is 2.46. The lowest BCUT2D eigenvalue weighted by Gasteiger charge is -1.99. The molecule has 0 aliphatic heterocycles. The summed E-state index contributed by atoms with van der Waals surface area (Å²) < 4.78 is 2.21. The molecule has 0 unspecified atom stereocenters. The topological polar surface area (TPSA) is 69.1 Å². The number of nitrogens with two attached hydrogens (primary N) is 1. The third kappa shape index (κ3) is 1.42. The first-order valence-electron chi connectivity index (χ1n) is 3.79. The van der Waals surface area contributed by atoms with E-state index in [0.29, 0.717) is 17.1 Å². The molecule has 0 amide bonds. The fourth-order valence-electron chi connectivity index (χ4n) is 1.16. The molecule has 0 saturated carbocycles.